The highest BCUT2D eigenvalue weighted by Gasteiger charge is 2.17. The molecule has 3 nitrogen and oxygen atoms in total. The Kier molecular flexibility index (Phi) is 4.36. The number of aryl methyl sites for hydroxylation is 1. The molecule has 0 saturated carbocycles. The van der Waals surface area contributed by atoms with Crippen LogP contribution in [0, 0.1) is 0 Å². The van der Waals surface area contributed by atoms with E-state index in [0.717, 1.165) is 36.4 Å². The maximum absolute atomic E-state index is 5.85. The highest BCUT2D eigenvalue weighted by Crippen LogP contribution is 2.27. The van der Waals surface area contributed by atoms with Gasteiger partial charge < -0.3 is 9.73 Å². The van der Waals surface area contributed by atoms with E-state index >= 15 is 0 Å². The smallest absolute Gasteiger partial charge is 0.197 e. The topological polar surface area (TPSA) is 38.1 Å². The van der Waals surface area contributed by atoms with Crippen molar-refractivity contribution >= 4 is 22.4 Å². The third-order valence-corrected chi connectivity index (χ3v) is 4.89. The van der Waals surface area contributed by atoms with Gasteiger partial charge in [-0.3, -0.25) is 0 Å². The number of hydrogen-bond donors (Lipinski definition) is 1. The number of rotatable bonds is 6. The average molecular weight is 300 g/mol. The number of oxazole rings is 1. The molecule has 0 saturated heterocycles. The Morgan fingerprint density at radius 1 is 1.19 bits per heavy atom. The van der Waals surface area contributed by atoms with E-state index in [1.54, 1.807) is 0 Å². The van der Waals surface area contributed by atoms with E-state index in [2.05, 4.69) is 36.3 Å². The van der Waals surface area contributed by atoms with Gasteiger partial charge >= 0.3 is 0 Å². The highest BCUT2D eigenvalue weighted by molar-refractivity contribution is 7.12. The Morgan fingerprint density at radius 2 is 2.05 bits per heavy atom. The molecule has 0 aliphatic heterocycles. The van der Waals surface area contributed by atoms with Crippen LogP contribution in [0.5, 0.6) is 0 Å². The van der Waals surface area contributed by atoms with Crippen LogP contribution in [-0.2, 0) is 12.8 Å². The van der Waals surface area contributed by atoms with Gasteiger partial charge in [0, 0.05) is 16.2 Å². The van der Waals surface area contributed by atoms with Gasteiger partial charge in [0.25, 0.3) is 0 Å². The van der Waals surface area contributed by atoms with Gasteiger partial charge in [0.15, 0.2) is 11.5 Å². The Bertz CT molecular complexity index is 683. The molecule has 2 aromatic heterocycles. The van der Waals surface area contributed by atoms with Gasteiger partial charge in [-0.15, -0.1) is 11.3 Å². The molecule has 1 N–H and O–H groups in total. The first-order valence-electron chi connectivity index (χ1n) is 7.46. The minimum Gasteiger partial charge on any atom is -0.441 e. The number of benzene rings is 1. The number of thiophene rings is 1. The van der Waals surface area contributed by atoms with Crippen LogP contribution in [0.4, 0.5) is 0 Å². The normalized spacial score (nSPS) is 12.9. The Labute approximate surface area is 129 Å². The van der Waals surface area contributed by atoms with Crippen molar-refractivity contribution in [3.63, 3.8) is 0 Å². The van der Waals surface area contributed by atoms with Crippen molar-refractivity contribution in [1.29, 1.82) is 0 Å². The summed E-state index contributed by atoms with van der Waals surface area (Å²) in [6.07, 6.45) is 1.87. The molecular formula is C17H20N2OS. The molecule has 1 aromatic carbocycles. The summed E-state index contributed by atoms with van der Waals surface area (Å²) in [5.41, 5.74) is 1.80. The Balaban J connectivity index is 1.83. The summed E-state index contributed by atoms with van der Waals surface area (Å²) < 4.78 is 5.85. The van der Waals surface area contributed by atoms with E-state index in [1.165, 1.54) is 9.75 Å². The van der Waals surface area contributed by atoms with E-state index in [9.17, 15) is 0 Å². The monoisotopic (exact) mass is 300 g/mol. The van der Waals surface area contributed by atoms with Crippen LogP contribution in [0.2, 0.25) is 0 Å². The molecular weight excluding hydrogens is 280 g/mol. The number of hydrogen-bond acceptors (Lipinski definition) is 4. The standard InChI is InChI=1S/C17H20N2OS/c1-3-12-9-10-16(21-12)14(18-4-2)11-17-19-13-7-5-6-8-15(13)20-17/h5-10,14,18H,3-4,11H2,1-2H3. The second kappa shape index (κ2) is 6.41. The number of likely N-dealkylation sites (N-methyl/N-ethyl adjacent to an activating group) is 1. The zero-order valence-corrected chi connectivity index (χ0v) is 13.2. The first-order valence-corrected chi connectivity index (χ1v) is 8.28. The number of aromatic nitrogens is 1. The summed E-state index contributed by atoms with van der Waals surface area (Å²) in [7, 11) is 0. The number of para-hydroxylation sites is 2. The zero-order valence-electron chi connectivity index (χ0n) is 12.4. The maximum atomic E-state index is 5.85. The van der Waals surface area contributed by atoms with Crippen molar-refractivity contribution in [2.75, 3.05) is 6.54 Å². The predicted molar refractivity (Wildman–Crippen MR) is 87.8 cm³/mol. The molecule has 0 spiro atoms. The molecule has 0 radical (unpaired) electrons. The van der Waals surface area contributed by atoms with E-state index in [-0.39, 0.29) is 6.04 Å². The van der Waals surface area contributed by atoms with Crippen LogP contribution in [0.15, 0.2) is 40.8 Å². The van der Waals surface area contributed by atoms with Crippen molar-refractivity contribution in [3.8, 4) is 0 Å². The molecule has 21 heavy (non-hydrogen) atoms. The second-order valence-corrected chi connectivity index (χ2v) is 6.25. The first kappa shape index (κ1) is 14.3. The molecule has 1 atom stereocenters. The third-order valence-electron chi connectivity index (χ3n) is 3.54. The fourth-order valence-corrected chi connectivity index (χ4v) is 3.50. The van der Waals surface area contributed by atoms with Gasteiger partial charge in [-0.1, -0.05) is 26.0 Å². The maximum Gasteiger partial charge on any atom is 0.197 e. The lowest BCUT2D eigenvalue weighted by atomic mass is 10.1. The summed E-state index contributed by atoms with van der Waals surface area (Å²) in [6.45, 7) is 5.26. The Morgan fingerprint density at radius 3 is 2.76 bits per heavy atom. The molecule has 110 valence electrons. The molecule has 0 fully saturated rings. The summed E-state index contributed by atoms with van der Waals surface area (Å²) in [5, 5.41) is 3.54. The minimum absolute atomic E-state index is 0.272. The van der Waals surface area contributed by atoms with Crippen molar-refractivity contribution in [1.82, 2.24) is 10.3 Å². The van der Waals surface area contributed by atoms with Crippen molar-refractivity contribution in [3.05, 3.63) is 52.0 Å². The van der Waals surface area contributed by atoms with E-state index in [4.69, 9.17) is 4.42 Å². The van der Waals surface area contributed by atoms with Gasteiger partial charge in [0.2, 0.25) is 0 Å². The summed E-state index contributed by atoms with van der Waals surface area (Å²) in [6, 6.07) is 12.6. The second-order valence-electron chi connectivity index (χ2n) is 5.05. The predicted octanol–water partition coefficient (Wildman–Crippen LogP) is 4.35. The number of nitrogens with one attached hydrogen (secondary N) is 1. The zero-order chi connectivity index (χ0) is 14.7. The number of fused-ring (bicyclic) bond motifs is 1. The van der Waals surface area contributed by atoms with Crippen LogP contribution < -0.4 is 5.32 Å². The van der Waals surface area contributed by atoms with Crippen LogP contribution in [0.1, 0.15) is 35.5 Å². The fraction of sp³-hybridized carbons (Fsp3) is 0.353. The lowest BCUT2D eigenvalue weighted by molar-refractivity contribution is 0.464. The fourth-order valence-electron chi connectivity index (χ4n) is 2.47. The highest BCUT2D eigenvalue weighted by atomic mass is 32.1. The van der Waals surface area contributed by atoms with E-state index < -0.39 is 0 Å². The van der Waals surface area contributed by atoms with Gasteiger partial charge in [0.1, 0.15) is 5.52 Å². The van der Waals surface area contributed by atoms with Crippen LogP contribution in [0.25, 0.3) is 11.1 Å². The molecule has 0 amide bonds. The first-order chi connectivity index (χ1) is 10.3. The van der Waals surface area contributed by atoms with Gasteiger partial charge in [-0.25, -0.2) is 4.98 Å². The molecule has 0 aliphatic carbocycles. The van der Waals surface area contributed by atoms with Crippen LogP contribution >= 0.6 is 11.3 Å². The van der Waals surface area contributed by atoms with Gasteiger partial charge in [0.05, 0.1) is 6.04 Å². The molecule has 4 heteroatoms. The average Bonchev–Trinajstić information content (AvgIpc) is 3.12. The van der Waals surface area contributed by atoms with Crippen molar-refractivity contribution in [2.24, 2.45) is 0 Å². The van der Waals surface area contributed by atoms with Crippen LogP contribution in [-0.4, -0.2) is 11.5 Å². The third kappa shape index (κ3) is 3.17. The van der Waals surface area contributed by atoms with E-state index in [1.807, 2.05) is 35.6 Å². The SMILES string of the molecule is CCNC(Cc1nc2ccccc2o1)c1ccc(CC)s1. The molecule has 0 bridgehead atoms. The number of nitrogens with zero attached hydrogens (tertiary/aromatic N) is 1. The largest absolute Gasteiger partial charge is 0.441 e. The van der Waals surface area contributed by atoms with Gasteiger partial charge in [-0.2, -0.15) is 0 Å². The van der Waals surface area contributed by atoms with Crippen molar-refractivity contribution in [2.45, 2.75) is 32.7 Å². The molecule has 3 aromatic rings. The lowest BCUT2D eigenvalue weighted by Crippen LogP contribution is -2.22. The summed E-state index contributed by atoms with van der Waals surface area (Å²) in [4.78, 5) is 7.36. The van der Waals surface area contributed by atoms with Crippen molar-refractivity contribution < 1.29 is 4.42 Å². The van der Waals surface area contributed by atoms with Crippen LogP contribution in [0.3, 0.4) is 0 Å². The lowest BCUT2D eigenvalue weighted by Gasteiger charge is -2.14. The molecule has 1 unspecified atom stereocenters. The molecule has 0 aliphatic rings. The summed E-state index contributed by atoms with van der Waals surface area (Å²) in [5.74, 6) is 0.800. The summed E-state index contributed by atoms with van der Waals surface area (Å²) >= 11 is 1.88. The quantitative estimate of drug-likeness (QED) is 0.735. The minimum atomic E-state index is 0.272. The van der Waals surface area contributed by atoms with Gasteiger partial charge in [-0.05, 0) is 37.2 Å². The van der Waals surface area contributed by atoms with E-state index in [0.29, 0.717) is 0 Å². The Hall–Kier alpha value is -1.65. The molecule has 3 rings (SSSR count). The molecule has 2 heterocycles.